The number of hydrogen-bond donors (Lipinski definition) is 1. The van der Waals surface area contributed by atoms with Gasteiger partial charge in [-0.15, -0.1) is 0 Å². The van der Waals surface area contributed by atoms with Crippen LogP contribution >= 0.6 is 15.9 Å². The van der Waals surface area contributed by atoms with Crippen molar-refractivity contribution in [1.82, 2.24) is 5.32 Å². The summed E-state index contributed by atoms with van der Waals surface area (Å²) in [6.07, 6.45) is 4.78. The molecular formula is C15H21BrFN. The normalized spacial score (nSPS) is 16.0. The Hall–Kier alpha value is -0.410. The minimum Gasteiger partial charge on any atom is -0.313 e. The molecule has 0 amide bonds. The predicted octanol–water partition coefficient (Wildman–Crippen LogP) is 4.30. The molecule has 1 fully saturated rings. The fourth-order valence-electron chi connectivity index (χ4n) is 1.97. The average molecular weight is 314 g/mol. The first-order valence-corrected chi connectivity index (χ1v) is 7.43. The molecule has 1 saturated carbocycles. The second-order valence-corrected chi connectivity index (χ2v) is 6.92. The highest BCUT2D eigenvalue weighted by Crippen LogP contribution is 2.26. The Morgan fingerprint density at radius 2 is 2.11 bits per heavy atom. The maximum absolute atomic E-state index is 13.1. The third-order valence-electron chi connectivity index (χ3n) is 3.52. The molecule has 1 aromatic rings. The molecule has 0 heterocycles. The van der Waals surface area contributed by atoms with Crippen molar-refractivity contribution in [3.05, 3.63) is 34.1 Å². The molecule has 0 atom stereocenters. The zero-order chi connectivity index (χ0) is 13.2. The van der Waals surface area contributed by atoms with E-state index in [-0.39, 0.29) is 5.82 Å². The van der Waals surface area contributed by atoms with E-state index in [9.17, 15) is 4.39 Å². The molecule has 0 bridgehead atoms. The molecule has 1 aliphatic carbocycles. The van der Waals surface area contributed by atoms with Gasteiger partial charge < -0.3 is 5.32 Å². The third kappa shape index (κ3) is 4.36. The monoisotopic (exact) mass is 313 g/mol. The van der Waals surface area contributed by atoms with Gasteiger partial charge in [-0.05, 0) is 64.7 Å². The van der Waals surface area contributed by atoms with Gasteiger partial charge in [0, 0.05) is 12.6 Å². The molecule has 3 heteroatoms. The number of nitrogens with one attached hydrogen (secondary N) is 1. The minimum atomic E-state index is -0.187. The van der Waals surface area contributed by atoms with Crippen LogP contribution in [0.15, 0.2) is 22.7 Å². The van der Waals surface area contributed by atoms with Crippen LogP contribution in [0.2, 0.25) is 0 Å². The summed E-state index contributed by atoms with van der Waals surface area (Å²) in [7, 11) is 0. The number of aryl methyl sites for hydroxylation is 1. The molecule has 0 saturated heterocycles. The van der Waals surface area contributed by atoms with E-state index in [1.165, 1.54) is 24.5 Å². The van der Waals surface area contributed by atoms with Crippen LogP contribution in [0.3, 0.4) is 0 Å². The van der Waals surface area contributed by atoms with Crippen molar-refractivity contribution >= 4 is 15.9 Å². The van der Waals surface area contributed by atoms with Crippen LogP contribution in [0.5, 0.6) is 0 Å². The smallest absolute Gasteiger partial charge is 0.137 e. The fourth-order valence-corrected chi connectivity index (χ4v) is 2.40. The van der Waals surface area contributed by atoms with Crippen molar-refractivity contribution in [2.75, 3.05) is 6.54 Å². The Bertz CT molecular complexity index is 413. The van der Waals surface area contributed by atoms with Gasteiger partial charge in [-0.1, -0.05) is 19.9 Å². The van der Waals surface area contributed by atoms with E-state index in [4.69, 9.17) is 0 Å². The highest BCUT2D eigenvalue weighted by Gasteiger charge is 2.25. The maximum Gasteiger partial charge on any atom is 0.137 e. The minimum absolute atomic E-state index is 0.187. The standard InChI is InChI=1S/C15H21BrFN/c1-15(2,10-18-12-4-5-12)8-7-11-3-6-14(17)13(16)9-11/h3,6,9,12,18H,4-5,7-8,10H2,1-2H3. The lowest BCUT2D eigenvalue weighted by Gasteiger charge is -2.25. The summed E-state index contributed by atoms with van der Waals surface area (Å²) in [5, 5.41) is 3.58. The summed E-state index contributed by atoms with van der Waals surface area (Å²) in [5.41, 5.74) is 1.49. The summed E-state index contributed by atoms with van der Waals surface area (Å²) in [5.74, 6) is -0.187. The number of rotatable bonds is 6. The third-order valence-corrected chi connectivity index (χ3v) is 4.13. The van der Waals surface area contributed by atoms with Crippen LogP contribution in [0.25, 0.3) is 0 Å². The summed E-state index contributed by atoms with van der Waals surface area (Å²) in [6, 6.07) is 6.07. The highest BCUT2D eigenvalue weighted by molar-refractivity contribution is 9.10. The highest BCUT2D eigenvalue weighted by atomic mass is 79.9. The first-order chi connectivity index (χ1) is 8.46. The van der Waals surface area contributed by atoms with E-state index in [0.29, 0.717) is 9.89 Å². The topological polar surface area (TPSA) is 12.0 Å². The summed E-state index contributed by atoms with van der Waals surface area (Å²) < 4.78 is 13.7. The lowest BCUT2D eigenvalue weighted by molar-refractivity contribution is 0.313. The van der Waals surface area contributed by atoms with Crippen LogP contribution in [0.1, 0.15) is 38.7 Å². The number of hydrogen-bond acceptors (Lipinski definition) is 1. The molecule has 1 nitrogen and oxygen atoms in total. The fraction of sp³-hybridized carbons (Fsp3) is 0.600. The molecule has 0 spiro atoms. The van der Waals surface area contributed by atoms with Crippen LogP contribution < -0.4 is 5.32 Å². The van der Waals surface area contributed by atoms with Crippen LogP contribution in [0.4, 0.5) is 4.39 Å². The van der Waals surface area contributed by atoms with Gasteiger partial charge >= 0.3 is 0 Å². The second-order valence-electron chi connectivity index (χ2n) is 6.07. The lowest BCUT2D eigenvalue weighted by atomic mass is 9.86. The molecule has 0 aliphatic heterocycles. The molecule has 2 rings (SSSR count). The maximum atomic E-state index is 13.1. The van der Waals surface area contributed by atoms with Crippen molar-refractivity contribution in [3.8, 4) is 0 Å². The van der Waals surface area contributed by atoms with E-state index < -0.39 is 0 Å². The van der Waals surface area contributed by atoms with Gasteiger partial charge in [0.2, 0.25) is 0 Å². The van der Waals surface area contributed by atoms with E-state index in [1.54, 1.807) is 0 Å². The van der Waals surface area contributed by atoms with Gasteiger partial charge in [0.25, 0.3) is 0 Å². The van der Waals surface area contributed by atoms with E-state index >= 15 is 0 Å². The predicted molar refractivity (Wildman–Crippen MR) is 77.2 cm³/mol. The van der Waals surface area contributed by atoms with Crippen molar-refractivity contribution in [2.45, 2.75) is 45.6 Å². The Morgan fingerprint density at radius 3 is 2.72 bits per heavy atom. The van der Waals surface area contributed by atoms with Gasteiger partial charge in [-0.2, -0.15) is 0 Å². The molecule has 100 valence electrons. The molecule has 1 aromatic carbocycles. The van der Waals surface area contributed by atoms with E-state index in [2.05, 4.69) is 35.1 Å². The van der Waals surface area contributed by atoms with Crippen molar-refractivity contribution in [2.24, 2.45) is 5.41 Å². The zero-order valence-electron chi connectivity index (χ0n) is 11.1. The molecule has 0 aromatic heterocycles. The van der Waals surface area contributed by atoms with Gasteiger partial charge in [0.1, 0.15) is 5.82 Å². The van der Waals surface area contributed by atoms with Gasteiger partial charge in [0.15, 0.2) is 0 Å². The van der Waals surface area contributed by atoms with Crippen molar-refractivity contribution in [1.29, 1.82) is 0 Å². The molecule has 0 unspecified atom stereocenters. The second kappa shape index (κ2) is 5.70. The Kier molecular flexibility index (Phi) is 4.44. The van der Waals surface area contributed by atoms with Crippen LogP contribution in [-0.4, -0.2) is 12.6 Å². The molecule has 1 N–H and O–H groups in total. The molecular weight excluding hydrogens is 293 g/mol. The SMILES string of the molecule is CC(C)(CCc1ccc(F)c(Br)c1)CNC1CC1. The average Bonchev–Trinajstić information content (AvgIpc) is 3.12. The molecule has 0 radical (unpaired) electrons. The summed E-state index contributed by atoms with van der Waals surface area (Å²) in [4.78, 5) is 0. The van der Waals surface area contributed by atoms with Crippen molar-refractivity contribution in [3.63, 3.8) is 0 Å². The Labute approximate surface area is 117 Å². The largest absolute Gasteiger partial charge is 0.313 e. The zero-order valence-corrected chi connectivity index (χ0v) is 12.7. The van der Waals surface area contributed by atoms with E-state index in [0.717, 1.165) is 25.4 Å². The van der Waals surface area contributed by atoms with Crippen LogP contribution in [-0.2, 0) is 6.42 Å². The molecule has 18 heavy (non-hydrogen) atoms. The van der Waals surface area contributed by atoms with Gasteiger partial charge in [-0.25, -0.2) is 4.39 Å². The van der Waals surface area contributed by atoms with Crippen molar-refractivity contribution < 1.29 is 4.39 Å². The summed E-state index contributed by atoms with van der Waals surface area (Å²) >= 11 is 3.24. The first-order valence-electron chi connectivity index (χ1n) is 6.64. The Balaban J connectivity index is 1.82. The van der Waals surface area contributed by atoms with Gasteiger partial charge in [-0.3, -0.25) is 0 Å². The number of benzene rings is 1. The molecule has 1 aliphatic rings. The quantitative estimate of drug-likeness (QED) is 0.825. The number of halogens is 2. The van der Waals surface area contributed by atoms with Gasteiger partial charge in [0.05, 0.1) is 4.47 Å². The van der Waals surface area contributed by atoms with Crippen LogP contribution in [0, 0.1) is 11.2 Å². The first kappa shape index (κ1) is 14.0. The summed E-state index contributed by atoms with van der Waals surface area (Å²) in [6.45, 7) is 5.65. The van der Waals surface area contributed by atoms with E-state index in [1.807, 2.05) is 12.1 Å². The lowest BCUT2D eigenvalue weighted by Crippen LogP contribution is -2.31. The Morgan fingerprint density at radius 1 is 1.39 bits per heavy atom.